The van der Waals surface area contributed by atoms with E-state index >= 15 is 0 Å². The van der Waals surface area contributed by atoms with Crippen LogP contribution in [0.5, 0.6) is 5.75 Å². The van der Waals surface area contributed by atoms with E-state index in [1.807, 2.05) is 38.1 Å². The summed E-state index contributed by atoms with van der Waals surface area (Å²) in [7, 11) is 1.54. The van der Waals surface area contributed by atoms with Gasteiger partial charge in [-0.3, -0.25) is 9.59 Å². The molecule has 2 aromatic carbocycles. The first-order valence-corrected chi connectivity index (χ1v) is 9.56. The third kappa shape index (κ3) is 4.82. The predicted molar refractivity (Wildman–Crippen MR) is 117 cm³/mol. The molecule has 0 bridgehead atoms. The predicted octanol–water partition coefficient (Wildman–Crippen LogP) is 3.64. The van der Waals surface area contributed by atoms with E-state index in [9.17, 15) is 9.59 Å². The van der Waals surface area contributed by atoms with Gasteiger partial charge in [-0.05, 0) is 35.7 Å². The van der Waals surface area contributed by atoms with Crippen LogP contribution in [0.2, 0.25) is 0 Å². The van der Waals surface area contributed by atoms with Gasteiger partial charge in [0.1, 0.15) is 11.8 Å². The minimum Gasteiger partial charge on any atom is -0.495 e. The van der Waals surface area contributed by atoms with Gasteiger partial charge in [0.2, 0.25) is 11.8 Å². The number of hydrogen-bond donors (Lipinski definition) is 2. The van der Waals surface area contributed by atoms with Crippen LogP contribution >= 0.6 is 12.4 Å². The summed E-state index contributed by atoms with van der Waals surface area (Å²) in [5, 5.41) is 2.91. The zero-order valence-corrected chi connectivity index (χ0v) is 17.8. The van der Waals surface area contributed by atoms with Crippen molar-refractivity contribution in [2.75, 3.05) is 18.2 Å². The number of methoxy groups -OCH3 is 1. The van der Waals surface area contributed by atoms with Crippen molar-refractivity contribution in [3.8, 4) is 5.75 Å². The number of nitrogen functional groups attached to an aromatic ring is 1. The summed E-state index contributed by atoms with van der Waals surface area (Å²) >= 11 is 0. The molecular formula is C22H28ClN3O3. The van der Waals surface area contributed by atoms with E-state index in [-0.39, 0.29) is 30.1 Å². The molecular weight excluding hydrogens is 390 g/mol. The van der Waals surface area contributed by atoms with Crippen LogP contribution in [-0.2, 0) is 22.6 Å². The topological polar surface area (TPSA) is 84.7 Å². The summed E-state index contributed by atoms with van der Waals surface area (Å²) in [5.74, 6) is 0.220. The van der Waals surface area contributed by atoms with Gasteiger partial charge in [-0.2, -0.15) is 0 Å². The molecule has 0 saturated heterocycles. The van der Waals surface area contributed by atoms with Gasteiger partial charge in [0, 0.05) is 24.6 Å². The number of hydrogen-bond acceptors (Lipinski definition) is 4. The van der Waals surface area contributed by atoms with E-state index in [2.05, 4.69) is 5.32 Å². The van der Waals surface area contributed by atoms with Crippen LogP contribution in [0.15, 0.2) is 42.5 Å². The lowest BCUT2D eigenvalue weighted by atomic mass is 9.92. The van der Waals surface area contributed by atoms with Crippen molar-refractivity contribution in [3.63, 3.8) is 0 Å². The molecule has 0 aromatic heterocycles. The van der Waals surface area contributed by atoms with Crippen molar-refractivity contribution in [3.05, 3.63) is 53.6 Å². The van der Waals surface area contributed by atoms with Gasteiger partial charge in [0.25, 0.3) is 0 Å². The Hall–Kier alpha value is -2.73. The highest BCUT2D eigenvalue weighted by atomic mass is 35.5. The van der Waals surface area contributed by atoms with Gasteiger partial charge in [0.05, 0.1) is 12.8 Å². The van der Waals surface area contributed by atoms with Gasteiger partial charge in [-0.15, -0.1) is 12.4 Å². The van der Waals surface area contributed by atoms with Crippen LogP contribution in [0.1, 0.15) is 31.4 Å². The Kier molecular flexibility index (Phi) is 7.51. The number of halogens is 1. The van der Waals surface area contributed by atoms with Crippen molar-refractivity contribution in [1.82, 2.24) is 4.90 Å². The van der Waals surface area contributed by atoms with Crippen LogP contribution in [0, 0.1) is 5.92 Å². The van der Waals surface area contributed by atoms with Crippen molar-refractivity contribution < 1.29 is 14.3 Å². The molecule has 2 amide bonds. The lowest BCUT2D eigenvalue weighted by Crippen LogP contribution is -2.52. The zero-order valence-electron chi connectivity index (χ0n) is 17.0. The molecule has 3 rings (SSSR count). The first-order chi connectivity index (χ1) is 13.4. The molecule has 0 radical (unpaired) electrons. The second kappa shape index (κ2) is 9.65. The number of fused-ring (bicyclic) bond motifs is 1. The number of benzene rings is 2. The molecule has 1 heterocycles. The lowest BCUT2D eigenvalue weighted by molar-refractivity contribution is -0.143. The average molecular weight is 418 g/mol. The number of ether oxygens (including phenoxy) is 1. The third-order valence-corrected chi connectivity index (χ3v) is 5.37. The molecule has 0 aliphatic carbocycles. The van der Waals surface area contributed by atoms with E-state index in [1.165, 1.54) is 0 Å². The van der Waals surface area contributed by atoms with Gasteiger partial charge in [0.15, 0.2) is 0 Å². The SMILES string of the molecule is CCC(C)C(=O)N1Cc2ccccc2CC1C(=O)Nc1ccc(OC)c(N)c1.Cl. The second-order valence-corrected chi connectivity index (χ2v) is 7.21. The van der Waals surface area contributed by atoms with Gasteiger partial charge < -0.3 is 20.7 Å². The van der Waals surface area contributed by atoms with Gasteiger partial charge >= 0.3 is 0 Å². The summed E-state index contributed by atoms with van der Waals surface area (Å²) < 4.78 is 5.16. The molecule has 0 fully saturated rings. The lowest BCUT2D eigenvalue weighted by Gasteiger charge is -2.37. The first kappa shape index (κ1) is 22.6. The summed E-state index contributed by atoms with van der Waals surface area (Å²) in [5.41, 5.74) is 9.17. The smallest absolute Gasteiger partial charge is 0.247 e. The van der Waals surface area contributed by atoms with Gasteiger partial charge in [-0.25, -0.2) is 0 Å². The van der Waals surface area contributed by atoms with Crippen molar-refractivity contribution in [1.29, 1.82) is 0 Å². The Labute approximate surface area is 177 Å². The molecule has 2 aromatic rings. The number of nitrogens with two attached hydrogens (primary N) is 1. The quantitative estimate of drug-likeness (QED) is 0.727. The molecule has 6 nitrogen and oxygen atoms in total. The zero-order chi connectivity index (χ0) is 20.3. The number of nitrogens with zero attached hydrogens (tertiary/aromatic N) is 1. The Bertz CT molecular complexity index is 887. The summed E-state index contributed by atoms with van der Waals surface area (Å²) in [6, 6.07) is 12.5. The second-order valence-electron chi connectivity index (χ2n) is 7.21. The minimum atomic E-state index is -0.556. The number of anilines is 2. The Morgan fingerprint density at radius 3 is 2.55 bits per heavy atom. The standard InChI is InChI=1S/C22H27N3O3.ClH/c1-4-14(2)22(27)25-13-16-8-6-5-7-15(16)11-19(25)21(26)24-17-9-10-20(28-3)18(23)12-17;/h5-10,12,14,19H,4,11,13,23H2,1-3H3,(H,24,26);1H. The van der Waals surface area contributed by atoms with Crippen LogP contribution in [0.3, 0.4) is 0 Å². The van der Waals surface area contributed by atoms with Crippen molar-refractivity contribution in [2.24, 2.45) is 5.92 Å². The maximum atomic E-state index is 13.1. The number of amides is 2. The average Bonchev–Trinajstić information content (AvgIpc) is 2.71. The Morgan fingerprint density at radius 2 is 1.93 bits per heavy atom. The molecule has 7 heteroatoms. The third-order valence-electron chi connectivity index (χ3n) is 5.37. The highest BCUT2D eigenvalue weighted by Crippen LogP contribution is 2.28. The largest absolute Gasteiger partial charge is 0.495 e. The minimum absolute atomic E-state index is 0. The Balaban J connectivity index is 0.00000300. The fourth-order valence-corrected chi connectivity index (χ4v) is 3.48. The number of carbonyl (C=O) groups excluding carboxylic acids is 2. The summed E-state index contributed by atoms with van der Waals surface area (Å²) in [4.78, 5) is 27.8. The molecule has 156 valence electrons. The van der Waals surface area contributed by atoms with Crippen LogP contribution < -0.4 is 15.8 Å². The van der Waals surface area contributed by atoms with E-state index in [0.717, 1.165) is 17.5 Å². The van der Waals surface area contributed by atoms with Crippen molar-refractivity contribution >= 4 is 35.6 Å². The highest BCUT2D eigenvalue weighted by Gasteiger charge is 2.35. The fourth-order valence-electron chi connectivity index (χ4n) is 3.48. The monoisotopic (exact) mass is 417 g/mol. The molecule has 0 spiro atoms. The Morgan fingerprint density at radius 1 is 1.24 bits per heavy atom. The van der Waals surface area contributed by atoms with E-state index in [4.69, 9.17) is 10.5 Å². The molecule has 1 aliphatic heterocycles. The van der Waals surface area contributed by atoms with Crippen LogP contribution in [-0.4, -0.2) is 29.9 Å². The van der Waals surface area contributed by atoms with Gasteiger partial charge in [-0.1, -0.05) is 38.1 Å². The first-order valence-electron chi connectivity index (χ1n) is 9.56. The molecule has 1 aliphatic rings. The number of carbonyl (C=O) groups is 2. The maximum absolute atomic E-state index is 13.1. The van der Waals surface area contributed by atoms with Crippen LogP contribution in [0.25, 0.3) is 0 Å². The fraction of sp³-hybridized carbons (Fsp3) is 0.364. The van der Waals surface area contributed by atoms with E-state index < -0.39 is 6.04 Å². The molecule has 0 saturated carbocycles. The molecule has 29 heavy (non-hydrogen) atoms. The maximum Gasteiger partial charge on any atom is 0.247 e. The van der Waals surface area contributed by atoms with Crippen LogP contribution in [0.4, 0.5) is 11.4 Å². The number of rotatable bonds is 5. The summed E-state index contributed by atoms with van der Waals surface area (Å²) in [6.07, 6.45) is 1.23. The molecule has 2 atom stereocenters. The number of nitrogens with one attached hydrogen (secondary N) is 1. The van der Waals surface area contributed by atoms with E-state index in [0.29, 0.717) is 30.1 Å². The summed E-state index contributed by atoms with van der Waals surface area (Å²) in [6.45, 7) is 4.33. The van der Waals surface area contributed by atoms with E-state index in [1.54, 1.807) is 30.2 Å². The van der Waals surface area contributed by atoms with Crippen molar-refractivity contribution in [2.45, 2.75) is 39.3 Å². The normalized spacial score (nSPS) is 16.2. The molecule has 2 unspecified atom stereocenters. The molecule has 3 N–H and O–H groups in total. The highest BCUT2D eigenvalue weighted by molar-refractivity contribution is 5.98.